The Morgan fingerprint density at radius 3 is 1.44 bits per heavy atom. The lowest BCUT2D eigenvalue weighted by Gasteiger charge is -2.15. The number of aryl methyl sites for hydroxylation is 8. The molecule has 0 aliphatic carbocycles. The van der Waals surface area contributed by atoms with Gasteiger partial charge in [-0.05, 0) is 155 Å². The van der Waals surface area contributed by atoms with E-state index >= 15 is 0 Å². The fourth-order valence-corrected chi connectivity index (χ4v) is 5.10. The van der Waals surface area contributed by atoms with Gasteiger partial charge in [-0.2, -0.15) is 0 Å². The van der Waals surface area contributed by atoms with Gasteiger partial charge in [0.15, 0.2) is 0 Å². The van der Waals surface area contributed by atoms with Crippen molar-refractivity contribution in [2.75, 3.05) is 11.5 Å². The summed E-state index contributed by atoms with van der Waals surface area (Å²) in [5.74, 6) is 0. The molecule has 36 heavy (non-hydrogen) atoms. The summed E-state index contributed by atoms with van der Waals surface area (Å²) >= 11 is 0. The standard InChI is InChI=1S/C34H38N2/c1-19-11-29(12-20(2)25(19)7)31-13-21(3)26(8)27(17-31)9-10-28-18-32(16-24(6)34(28)36)30-14-22(4)33(35)23(5)15-30/h11-18H,7-10,35-36H2,1-6H3. The van der Waals surface area contributed by atoms with Gasteiger partial charge in [-0.25, -0.2) is 0 Å². The molecule has 0 unspecified atom stereocenters. The molecular formula is C34H38N2. The second-order valence-electron chi connectivity index (χ2n) is 10.4. The Morgan fingerprint density at radius 2 is 0.889 bits per heavy atom. The highest BCUT2D eigenvalue weighted by molar-refractivity contribution is 5.74. The van der Waals surface area contributed by atoms with Crippen molar-refractivity contribution in [3.63, 3.8) is 0 Å². The average Bonchev–Trinajstić information content (AvgIpc) is 2.83. The molecule has 0 saturated carbocycles. The largest absolute Gasteiger partial charge is 0.398 e. The predicted octanol–water partition coefficient (Wildman–Crippen LogP) is 6.26. The molecule has 0 spiro atoms. The summed E-state index contributed by atoms with van der Waals surface area (Å²) in [4.78, 5) is 0. The summed E-state index contributed by atoms with van der Waals surface area (Å²) in [7, 11) is 0. The Kier molecular flexibility index (Phi) is 6.82. The second-order valence-corrected chi connectivity index (χ2v) is 10.4. The zero-order chi connectivity index (χ0) is 26.3. The number of hydrogen-bond acceptors (Lipinski definition) is 2. The van der Waals surface area contributed by atoms with Gasteiger partial charge in [-0.3, -0.25) is 0 Å². The van der Waals surface area contributed by atoms with Crippen molar-refractivity contribution in [1.82, 2.24) is 0 Å². The molecule has 2 heteroatoms. The predicted molar refractivity (Wildman–Crippen MR) is 157 cm³/mol. The molecule has 4 aromatic carbocycles. The maximum absolute atomic E-state index is 6.57. The van der Waals surface area contributed by atoms with Crippen LogP contribution < -0.4 is 21.9 Å². The third-order valence-corrected chi connectivity index (χ3v) is 7.66. The van der Waals surface area contributed by atoms with Crippen LogP contribution in [-0.2, 0) is 12.8 Å². The fourth-order valence-electron chi connectivity index (χ4n) is 5.10. The lowest BCUT2D eigenvalue weighted by molar-refractivity contribution is 0.948. The highest BCUT2D eigenvalue weighted by atomic mass is 14.6. The molecule has 0 radical (unpaired) electrons. The number of nitrogens with two attached hydrogens (primary N) is 2. The van der Waals surface area contributed by atoms with Crippen LogP contribution in [0.5, 0.6) is 0 Å². The van der Waals surface area contributed by atoms with E-state index < -0.39 is 0 Å². The van der Waals surface area contributed by atoms with Gasteiger partial charge in [-0.15, -0.1) is 0 Å². The van der Waals surface area contributed by atoms with Gasteiger partial charge in [0.2, 0.25) is 0 Å². The van der Waals surface area contributed by atoms with Crippen molar-refractivity contribution < 1.29 is 0 Å². The molecule has 0 aliphatic rings. The molecule has 0 bridgehead atoms. The lowest BCUT2D eigenvalue weighted by atomic mass is 9.92. The van der Waals surface area contributed by atoms with E-state index in [1.54, 1.807) is 0 Å². The Hall–Kier alpha value is -3.78. The van der Waals surface area contributed by atoms with Crippen LogP contribution in [0.2, 0.25) is 0 Å². The Morgan fingerprint density at radius 1 is 0.472 bits per heavy atom. The van der Waals surface area contributed by atoms with E-state index in [9.17, 15) is 0 Å². The van der Waals surface area contributed by atoms with Crippen molar-refractivity contribution >= 4 is 24.5 Å². The third kappa shape index (κ3) is 4.81. The van der Waals surface area contributed by atoms with Crippen LogP contribution in [0, 0.1) is 52.0 Å². The molecule has 4 N–H and O–H groups in total. The van der Waals surface area contributed by atoms with Crippen LogP contribution in [-0.4, -0.2) is 0 Å². The quantitative estimate of drug-likeness (QED) is 0.343. The number of nitrogen functional groups attached to an aromatic ring is 2. The molecule has 2 nitrogen and oxygen atoms in total. The van der Waals surface area contributed by atoms with Gasteiger partial charge >= 0.3 is 0 Å². The van der Waals surface area contributed by atoms with E-state index in [-0.39, 0.29) is 0 Å². The van der Waals surface area contributed by atoms with E-state index in [0.29, 0.717) is 0 Å². The van der Waals surface area contributed by atoms with Gasteiger partial charge in [0.05, 0.1) is 0 Å². The topological polar surface area (TPSA) is 52.0 Å². The average molecular weight is 475 g/mol. The van der Waals surface area contributed by atoms with Gasteiger partial charge < -0.3 is 11.5 Å². The molecule has 0 aromatic heterocycles. The number of rotatable bonds is 4. The summed E-state index contributed by atoms with van der Waals surface area (Å²) in [6, 6.07) is 17.8. The van der Waals surface area contributed by atoms with Crippen LogP contribution in [0.25, 0.3) is 24.3 Å². The number of hydrogen-bond donors (Lipinski definition) is 2. The summed E-state index contributed by atoms with van der Waals surface area (Å²) < 4.78 is 0. The van der Waals surface area contributed by atoms with Gasteiger partial charge in [0.1, 0.15) is 0 Å². The van der Waals surface area contributed by atoms with Crippen molar-refractivity contribution in [3.05, 3.63) is 114 Å². The van der Waals surface area contributed by atoms with Crippen LogP contribution in [0.15, 0.2) is 48.5 Å². The van der Waals surface area contributed by atoms with E-state index in [1.807, 2.05) is 0 Å². The molecule has 4 aromatic rings. The Labute approximate surface area is 215 Å². The van der Waals surface area contributed by atoms with E-state index in [2.05, 4.69) is 103 Å². The summed E-state index contributed by atoms with van der Waals surface area (Å²) in [5.41, 5.74) is 26.3. The molecule has 0 aliphatic heterocycles. The van der Waals surface area contributed by atoms with Crippen LogP contribution >= 0.6 is 0 Å². The third-order valence-electron chi connectivity index (χ3n) is 7.66. The molecule has 184 valence electrons. The molecule has 0 saturated heterocycles. The van der Waals surface area contributed by atoms with E-state index in [0.717, 1.165) is 51.3 Å². The fraction of sp³-hybridized carbons (Fsp3) is 0.235. The van der Waals surface area contributed by atoms with Crippen LogP contribution in [0.3, 0.4) is 0 Å². The molecule has 0 atom stereocenters. The van der Waals surface area contributed by atoms with Crippen molar-refractivity contribution in [2.24, 2.45) is 0 Å². The summed E-state index contributed by atoms with van der Waals surface area (Å²) in [6.07, 6.45) is 1.74. The maximum atomic E-state index is 6.57. The smallest absolute Gasteiger partial charge is 0.0376 e. The van der Waals surface area contributed by atoms with Crippen molar-refractivity contribution in [3.8, 4) is 11.1 Å². The van der Waals surface area contributed by atoms with E-state index in [1.165, 1.54) is 49.4 Å². The first-order valence-corrected chi connectivity index (χ1v) is 12.6. The van der Waals surface area contributed by atoms with Crippen LogP contribution in [0.1, 0.15) is 44.5 Å². The zero-order valence-corrected chi connectivity index (χ0v) is 22.6. The molecule has 0 amide bonds. The normalized spacial score (nSPS) is 11.2. The van der Waals surface area contributed by atoms with Gasteiger partial charge in [-0.1, -0.05) is 37.4 Å². The SMILES string of the molecule is C=c1c(C)cc(=c2cc(C)c(=C)c(CCc3cc(-c4cc(C)c(N)c(C)c4)cc(C)c3N)c2)cc1C. The van der Waals surface area contributed by atoms with Crippen molar-refractivity contribution in [2.45, 2.75) is 54.4 Å². The molecular weight excluding hydrogens is 436 g/mol. The number of benzene rings is 4. The maximum Gasteiger partial charge on any atom is 0.0376 e. The monoisotopic (exact) mass is 474 g/mol. The Balaban J connectivity index is 1.77. The summed E-state index contributed by atoms with van der Waals surface area (Å²) in [5, 5.41) is 4.68. The van der Waals surface area contributed by atoms with Crippen molar-refractivity contribution in [1.29, 1.82) is 0 Å². The van der Waals surface area contributed by atoms with Gasteiger partial charge in [0.25, 0.3) is 0 Å². The molecule has 0 fully saturated rings. The number of anilines is 2. The highest BCUT2D eigenvalue weighted by Gasteiger charge is 2.11. The minimum Gasteiger partial charge on any atom is -0.398 e. The zero-order valence-electron chi connectivity index (χ0n) is 22.6. The minimum absolute atomic E-state index is 0.856. The van der Waals surface area contributed by atoms with Gasteiger partial charge in [0, 0.05) is 11.4 Å². The second kappa shape index (κ2) is 9.70. The first-order valence-electron chi connectivity index (χ1n) is 12.6. The molecule has 0 heterocycles. The lowest BCUT2D eigenvalue weighted by Crippen LogP contribution is -2.13. The summed E-state index contributed by atoms with van der Waals surface area (Å²) in [6.45, 7) is 21.2. The highest BCUT2D eigenvalue weighted by Crippen LogP contribution is 2.31. The van der Waals surface area contributed by atoms with E-state index in [4.69, 9.17) is 11.5 Å². The molecule has 4 rings (SSSR count). The van der Waals surface area contributed by atoms with Crippen LogP contribution in [0.4, 0.5) is 11.4 Å². The Bertz CT molecular complexity index is 1640. The minimum atomic E-state index is 0.856. The first-order chi connectivity index (χ1) is 17.0. The first kappa shape index (κ1) is 25.3.